The van der Waals surface area contributed by atoms with Crippen molar-refractivity contribution in [2.24, 2.45) is 7.05 Å². The van der Waals surface area contributed by atoms with Crippen LogP contribution in [0.4, 0.5) is 0 Å². The van der Waals surface area contributed by atoms with Crippen LogP contribution in [0.15, 0.2) is 17.3 Å². The molecule has 0 bridgehead atoms. The van der Waals surface area contributed by atoms with Crippen LogP contribution in [0.3, 0.4) is 0 Å². The normalized spacial score (nSPS) is 10.5. The van der Waals surface area contributed by atoms with Gasteiger partial charge >= 0.3 is 0 Å². The summed E-state index contributed by atoms with van der Waals surface area (Å²) in [5, 5.41) is 1.13. The third kappa shape index (κ3) is 3.97. The number of nitrogens with zero attached hydrogens (tertiary/aromatic N) is 2. The van der Waals surface area contributed by atoms with E-state index in [-0.39, 0.29) is 0 Å². The van der Waals surface area contributed by atoms with Crippen molar-refractivity contribution in [1.29, 1.82) is 0 Å². The van der Waals surface area contributed by atoms with Gasteiger partial charge < -0.3 is 9.13 Å². The number of thiol groups is 1. The topological polar surface area (TPSA) is 9.86 Å². The molecule has 2 nitrogen and oxygen atoms in total. The van der Waals surface area contributed by atoms with Gasteiger partial charge in [0.1, 0.15) is 0 Å². The molecule has 0 fully saturated rings. The van der Waals surface area contributed by atoms with Crippen LogP contribution < -0.4 is 0 Å². The van der Waals surface area contributed by atoms with Gasteiger partial charge in [0.05, 0.1) is 5.03 Å². The van der Waals surface area contributed by atoms with E-state index in [9.17, 15) is 0 Å². The first-order valence-electron chi connectivity index (χ1n) is 7.86. The Kier molecular flexibility index (Phi) is 6.66. The van der Waals surface area contributed by atoms with E-state index in [1.54, 1.807) is 0 Å². The summed E-state index contributed by atoms with van der Waals surface area (Å²) in [6, 6.07) is 2.20. The van der Waals surface area contributed by atoms with E-state index in [0.717, 1.165) is 24.4 Å². The van der Waals surface area contributed by atoms with Crippen LogP contribution in [-0.2, 0) is 26.4 Å². The average Bonchev–Trinajstić information content (AvgIpc) is 2.90. The Hall–Kier alpha value is -1.09. The van der Waals surface area contributed by atoms with Gasteiger partial charge in [0.2, 0.25) is 0 Å². The fraction of sp³-hybridized carbons (Fsp3) is 0.556. The molecule has 0 spiro atoms. The molecule has 0 radical (unpaired) electrons. The van der Waals surface area contributed by atoms with Gasteiger partial charge in [-0.2, -0.15) is 0 Å². The average molecular weight is 307 g/mol. The maximum absolute atomic E-state index is 4.50. The lowest BCUT2D eigenvalue weighted by atomic mass is 10.1. The van der Waals surface area contributed by atoms with Crippen LogP contribution in [0.2, 0.25) is 0 Å². The second kappa shape index (κ2) is 7.79. The van der Waals surface area contributed by atoms with Crippen LogP contribution in [0, 0.1) is 20.8 Å². The molecular weight excluding hydrogens is 276 g/mol. The maximum atomic E-state index is 4.50. The minimum Gasteiger partial charge on any atom is -0.352 e. The molecule has 0 amide bonds. The van der Waals surface area contributed by atoms with Crippen molar-refractivity contribution >= 4 is 12.6 Å². The van der Waals surface area contributed by atoms with Gasteiger partial charge in [0, 0.05) is 31.2 Å². The van der Waals surface area contributed by atoms with Crippen molar-refractivity contribution in [3.05, 3.63) is 40.3 Å². The highest BCUT2D eigenvalue weighted by Gasteiger charge is 2.12. The molecule has 118 valence electrons. The Morgan fingerprint density at radius 1 is 1.00 bits per heavy atom. The zero-order chi connectivity index (χ0) is 16.2. The summed E-state index contributed by atoms with van der Waals surface area (Å²) in [6.07, 6.45) is 4.38. The molecule has 0 saturated heterocycles. The van der Waals surface area contributed by atoms with Crippen molar-refractivity contribution in [2.75, 3.05) is 0 Å². The summed E-state index contributed by atoms with van der Waals surface area (Å²) < 4.78 is 4.41. The molecule has 3 heteroatoms. The van der Waals surface area contributed by atoms with Gasteiger partial charge in [-0.15, -0.1) is 12.6 Å². The van der Waals surface area contributed by atoms with E-state index in [0.29, 0.717) is 0 Å². The van der Waals surface area contributed by atoms with Gasteiger partial charge in [-0.05, 0) is 63.3 Å². The summed E-state index contributed by atoms with van der Waals surface area (Å²) in [5.41, 5.74) is 6.97. The number of hydrogen-bond donors (Lipinski definition) is 1. The molecule has 2 rings (SSSR count). The fourth-order valence-electron chi connectivity index (χ4n) is 2.90. The maximum Gasteiger partial charge on any atom is 0.0751 e. The molecule has 2 heterocycles. The first-order chi connectivity index (χ1) is 9.87. The van der Waals surface area contributed by atoms with Gasteiger partial charge in [-0.1, -0.05) is 13.8 Å². The molecule has 2 aromatic rings. The molecule has 0 N–H and O–H groups in total. The fourth-order valence-corrected chi connectivity index (χ4v) is 3.34. The summed E-state index contributed by atoms with van der Waals surface area (Å²) in [6.45, 7) is 14.1. The molecule has 0 saturated carbocycles. The summed E-state index contributed by atoms with van der Waals surface area (Å²) in [5.74, 6) is 0. The van der Waals surface area contributed by atoms with Gasteiger partial charge in [0.15, 0.2) is 0 Å². The monoisotopic (exact) mass is 306 g/mol. The predicted molar refractivity (Wildman–Crippen MR) is 95.7 cm³/mol. The van der Waals surface area contributed by atoms with E-state index >= 15 is 0 Å². The lowest BCUT2D eigenvalue weighted by Crippen LogP contribution is -1.92. The molecule has 0 aromatic carbocycles. The van der Waals surface area contributed by atoms with E-state index in [1.807, 2.05) is 0 Å². The Bertz CT molecular complexity index is 563. The number of rotatable bonds is 3. The highest BCUT2D eigenvalue weighted by molar-refractivity contribution is 7.80. The Balaban J connectivity index is 0.000000219. The third-order valence-electron chi connectivity index (χ3n) is 4.19. The van der Waals surface area contributed by atoms with Gasteiger partial charge in [-0.3, -0.25) is 0 Å². The van der Waals surface area contributed by atoms with E-state index in [4.69, 9.17) is 0 Å². The molecule has 0 aliphatic carbocycles. The predicted octanol–water partition coefficient (Wildman–Crippen LogP) is 4.87. The van der Waals surface area contributed by atoms with Crippen molar-refractivity contribution in [1.82, 2.24) is 9.13 Å². The molecule has 0 aliphatic heterocycles. The number of aromatic nitrogens is 2. The smallest absolute Gasteiger partial charge is 0.0751 e. The first kappa shape index (κ1) is 18.0. The standard InChI is InChI=1S/C10H17NS.C8H13N/c1-5-8-7(3)11(4)10(12)9(8)6-2;1-4-9-6-7(2)5-8(9)3/h12H,5-6H2,1-4H3;5-6H,4H2,1-3H3. The van der Waals surface area contributed by atoms with Gasteiger partial charge in [-0.25, -0.2) is 0 Å². The number of hydrogen-bond acceptors (Lipinski definition) is 1. The Morgan fingerprint density at radius 2 is 1.57 bits per heavy atom. The third-order valence-corrected chi connectivity index (χ3v) is 4.76. The molecule has 2 aromatic heterocycles. The molecule has 0 atom stereocenters. The second-order valence-corrected chi connectivity index (χ2v) is 6.00. The molecule has 0 aliphatic rings. The van der Waals surface area contributed by atoms with E-state index < -0.39 is 0 Å². The quantitative estimate of drug-likeness (QED) is 0.775. The van der Waals surface area contributed by atoms with Gasteiger partial charge in [0.25, 0.3) is 0 Å². The highest BCUT2D eigenvalue weighted by atomic mass is 32.1. The van der Waals surface area contributed by atoms with Crippen molar-refractivity contribution in [3.8, 4) is 0 Å². The highest BCUT2D eigenvalue weighted by Crippen LogP contribution is 2.25. The largest absolute Gasteiger partial charge is 0.352 e. The summed E-state index contributed by atoms with van der Waals surface area (Å²) in [4.78, 5) is 0. The summed E-state index contributed by atoms with van der Waals surface area (Å²) >= 11 is 4.50. The lowest BCUT2D eigenvalue weighted by Gasteiger charge is -1.98. The van der Waals surface area contributed by atoms with E-state index in [1.165, 1.54) is 28.1 Å². The van der Waals surface area contributed by atoms with Crippen molar-refractivity contribution in [3.63, 3.8) is 0 Å². The first-order valence-corrected chi connectivity index (χ1v) is 8.31. The minimum atomic E-state index is 1.08. The zero-order valence-corrected chi connectivity index (χ0v) is 15.5. The van der Waals surface area contributed by atoms with Crippen molar-refractivity contribution < 1.29 is 0 Å². The second-order valence-electron chi connectivity index (χ2n) is 5.58. The molecular formula is C18H30N2S. The molecule has 21 heavy (non-hydrogen) atoms. The van der Waals surface area contributed by atoms with E-state index in [2.05, 4.69) is 82.6 Å². The van der Waals surface area contributed by atoms with Crippen LogP contribution in [0.1, 0.15) is 48.8 Å². The minimum absolute atomic E-state index is 1.08. The van der Waals surface area contributed by atoms with Crippen molar-refractivity contribution in [2.45, 2.75) is 66.0 Å². The van der Waals surface area contributed by atoms with Crippen LogP contribution in [-0.4, -0.2) is 9.13 Å². The molecule has 0 unspecified atom stereocenters. The summed E-state index contributed by atoms with van der Waals surface area (Å²) in [7, 11) is 2.08. The van der Waals surface area contributed by atoms with Crippen LogP contribution in [0.25, 0.3) is 0 Å². The SMILES string of the molecule is CCc1c(CC)c(S)n(C)c1C.CCn1cc(C)cc1C. The zero-order valence-electron chi connectivity index (χ0n) is 14.6. The Morgan fingerprint density at radius 3 is 1.86 bits per heavy atom. The lowest BCUT2D eigenvalue weighted by molar-refractivity contribution is 0.742. The number of aryl methyl sites for hydroxylation is 3. The Labute approximate surface area is 135 Å². The van der Waals surface area contributed by atoms with Crippen LogP contribution in [0.5, 0.6) is 0 Å². The van der Waals surface area contributed by atoms with Crippen LogP contribution >= 0.6 is 12.6 Å².